The molecule has 0 heterocycles. The van der Waals surface area contributed by atoms with E-state index in [0.717, 1.165) is 5.56 Å². The van der Waals surface area contributed by atoms with Crippen molar-refractivity contribution in [3.8, 4) is 0 Å². The highest BCUT2D eigenvalue weighted by Gasteiger charge is 2.45. The van der Waals surface area contributed by atoms with Gasteiger partial charge >= 0.3 is 12.1 Å². The molecule has 0 radical (unpaired) electrons. The standard InChI is InChI=1S/C17H20F3NO3/c18-17(19,20)13-3-1-2-4-14(13)21-15(22)10-7-11-5-8-12(9-6-11)16(23)24/h5-6,8-9,13-14H,1-4,7,10H2,(H,21,22)(H,23,24). The molecule has 1 saturated carbocycles. The van der Waals surface area contributed by atoms with Crippen molar-refractivity contribution < 1.29 is 27.9 Å². The highest BCUT2D eigenvalue weighted by molar-refractivity contribution is 5.87. The average Bonchev–Trinajstić information content (AvgIpc) is 2.53. The topological polar surface area (TPSA) is 66.4 Å². The summed E-state index contributed by atoms with van der Waals surface area (Å²) >= 11 is 0. The summed E-state index contributed by atoms with van der Waals surface area (Å²) < 4.78 is 39.0. The summed E-state index contributed by atoms with van der Waals surface area (Å²) in [4.78, 5) is 22.7. The highest BCUT2D eigenvalue weighted by atomic mass is 19.4. The molecule has 2 atom stereocenters. The minimum atomic E-state index is -4.29. The van der Waals surface area contributed by atoms with Crippen LogP contribution in [0.4, 0.5) is 13.2 Å². The molecule has 7 heteroatoms. The summed E-state index contributed by atoms with van der Waals surface area (Å²) in [5.74, 6) is -2.90. The predicted molar refractivity (Wildman–Crippen MR) is 81.7 cm³/mol. The number of rotatable bonds is 5. The lowest BCUT2D eigenvalue weighted by atomic mass is 9.84. The van der Waals surface area contributed by atoms with E-state index < -0.39 is 30.0 Å². The van der Waals surface area contributed by atoms with Gasteiger partial charge in [-0.25, -0.2) is 4.79 Å². The Hall–Kier alpha value is -2.05. The summed E-state index contributed by atoms with van der Waals surface area (Å²) in [6.07, 6.45) is -2.22. The van der Waals surface area contributed by atoms with Gasteiger partial charge in [0.25, 0.3) is 0 Å². The zero-order chi connectivity index (χ0) is 17.7. The summed E-state index contributed by atoms with van der Waals surface area (Å²) in [7, 11) is 0. The molecule has 2 N–H and O–H groups in total. The second kappa shape index (κ2) is 7.68. The predicted octanol–water partition coefficient (Wildman–Crippen LogP) is 3.55. The number of benzene rings is 1. The van der Waals surface area contributed by atoms with Gasteiger partial charge in [-0.05, 0) is 37.0 Å². The van der Waals surface area contributed by atoms with Crippen molar-refractivity contribution in [2.75, 3.05) is 0 Å². The van der Waals surface area contributed by atoms with E-state index in [9.17, 15) is 22.8 Å². The fraction of sp³-hybridized carbons (Fsp3) is 0.529. The van der Waals surface area contributed by atoms with Gasteiger partial charge in [0.05, 0.1) is 11.5 Å². The monoisotopic (exact) mass is 343 g/mol. The number of hydrogen-bond donors (Lipinski definition) is 2. The van der Waals surface area contributed by atoms with E-state index in [1.165, 1.54) is 12.1 Å². The molecule has 132 valence electrons. The first-order valence-corrected chi connectivity index (χ1v) is 7.95. The Labute approximate surface area is 138 Å². The largest absolute Gasteiger partial charge is 0.478 e. The van der Waals surface area contributed by atoms with Gasteiger partial charge in [-0.3, -0.25) is 4.79 Å². The molecule has 0 aromatic heterocycles. The molecule has 1 aliphatic rings. The highest BCUT2D eigenvalue weighted by Crippen LogP contribution is 2.37. The molecule has 0 spiro atoms. The van der Waals surface area contributed by atoms with Crippen LogP contribution in [0.15, 0.2) is 24.3 Å². The summed E-state index contributed by atoms with van der Waals surface area (Å²) in [5.41, 5.74) is 0.921. The smallest absolute Gasteiger partial charge is 0.393 e. The van der Waals surface area contributed by atoms with Crippen LogP contribution in [-0.2, 0) is 11.2 Å². The van der Waals surface area contributed by atoms with Crippen LogP contribution in [0, 0.1) is 5.92 Å². The van der Waals surface area contributed by atoms with Crippen molar-refractivity contribution in [3.05, 3.63) is 35.4 Å². The Morgan fingerprint density at radius 3 is 2.33 bits per heavy atom. The van der Waals surface area contributed by atoms with Crippen molar-refractivity contribution in [3.63, 3.8) is 0 Å². The Morgan fingerprint density at radius 1 is 1.12 bits per heavy atom. The average molecular weight is 343 g/mol. The number of aryl methyl sites for hydroxylation is 1. The van der Waals surface area contributed by atoms with E-state index in [-0.39, 0.29) is 18.4 Å². The van der Waals surface area contributed by atoms with Gasteiger partial charge in [-0.2, -0.15) is 13.2 Å². The number of nitrogens with one attached hydrogen (secondary N) is 1. The molecule has 4 nitrogen and oxygen atoms in total. The van der Waals surface area contributed by atoms with Gasteiger partial charge in [0, 0.05) is 12.5 Å². The first-order valence-electron chi connectivity index (χ1n) is 7.95. The van der Waals surface area contributed by atoms with E-state index >= 15 is 0 Å². The van der Waals surface area contributed by atoms with Gasteiger partial charge in [0.15, 0.2) is 0 Å². The molecule has 1 aromatic carbocycles. The number of carbonyl (C=O) groups is 2. The minimum Gasteiger partial charge on any atom is -0.478 e. The number of carbonyl (C=O) groups excluding carboxylic acids is 1. The number of carboxylic acid groups (broad SMARTS) is 1. The van der Waals surface area contributed by atoms with Gasteiger partial charge in [-0.15, -0.1) is 0 Å². The summed E-state index contributed by atoms with van der Waals surface area (Å²) in [6.45, 7) is 0. The van der Waals surface area contributed by atoms with E-state index in [1.807, 2.05) is 0 Å². The zero-order valence-electron chi connectivity index (χ0n) is 13.1. The van der Waals surface area contributed by atoms with Gasteiger partial charge in [0.2, 0.25) is 5.91 Å². The molecule has 1 aliphatic carbocycles. The van der Waals surface area contributed by atoms with E-state index in [1.54, 1.807) is 12.1 Å². The number of carboxylic acids is 1. The molecule has 2 rings (SSSR count). The van der Waals surface area contributed by atoms with Gasteiger partial charge in [0.1, 0.15) is 0 Å². The molecular formula is C17H20F3NO3. The molecule has 2 unspecified atom stereocenters. The van der Waals surface area contributed by atoms with E-state index in [4.69, 9.17) is 5.11 Å². The number of alkyl halides is 3. The van der Waals surface area contributed by atoms with E-state index in [0.29, 0.717) is 25.7 Å². The fourth-order valence-corrected chi connectivity index (χ4v) is 3.05. The van der Waals surface area contributed by atoms with Crippen LogP contribution in [0.2, 0.25) is 0 Å². The molecule has 0 aliphatic heterocycles. The first-order chi connectivity index (χ1) is 11.3. The lowest BCUT2D eigenvalue weighted by Gasteiger charge is -2.33. The molecule has 0 saturated heterocycles. The normalized spacial score (nSPS) is 21.3. The quantitative estimate of drug-likeness (QED) is 0.859. The summed E-state index contributed by atoms with van der Waals surface area (Å²) in [6, 6.07) is 5.25. The Morgan fingerprint density at radius 2 is 1.75 bits per heavy atom. The lowest BCUT2D eigenvalue weighted by Crippen LogP contribution is -2.47. The SMILES string of the molecule is O=C(CCc1ccc(C(=O)O)cc1)NC1CCCCC1C(F)(F)F. The number of aromatic carboxylic acids is 1. The van der Waals surface area contributed by atoms with Crippen molar-refractivity contribution in [2.45, 2.75) is 50.7 Å². The second-order valence-corrected chi connectivity index (χ2v) is 6.11. The Kier molecular flexibility index (Phi) is 5.85. The Balaban J connectivity index is 1.87. The molecule has 1 amide bonds. The maximum Gasteiger partial charge on any atom is 0.393 e. The van der Waals surface area contributed by atoms with Crippen molar-refractivity contribution in [1.82, 2.24) is 5.32 Å². The number of hydrogen-bond acceptors (Lipinski definition) is 2. The van der Waals surface area contributed by atoms with Crippen molar-refractivity contribution in [1.29, 1.82) is 0 Å². The van der Waals surface area contributed by atoms with Crippen LogP contribution in [0.5, 0.6) is 0 Å². The lowest BCUT2D eigenvalue weighted by molar-refractivity contribution is -0.189. The van der Waals surface area contributed by atoms with Crippen LogP contribution >= 0.6 is 0 Å². The van der Waals surface area contributed by atoms with E-state index in [2.05, 4.69) is 5.32 Å². The molecule has 24 heavy (non-hydrogen) atoms. The molecule has 0 bridgehead atoms. The maximum atomic E-state index is 13.0. The Bertz CT molecular complexity index is 584. The molecule has 1 aromatic rings. The van der Waals surface area contributed by atoms with Crippen LogP contribution in [-0.4, -0.2) is 29.2 Å². The maximum absolute atomic E-state index is 13.0. The van der Waals surface area contributed by atoms with Crippen LogP contribution < -0.4 is 5.32 Å². The van der Waals surface area contributed by atoms with Gasteiger partial charge in [-0.1, -0.05) is 25.0 Å². The zero-order valence-corrected chi connectivity index (χ0v) is 13.1. The van der Waals surface area contributed by atoms with Crippen molar-refractivity contribution >= 4 is 11.9 Å². The first kappa shape index (κ1) is 18.3. The molecular weight excluding hydrogens is 323 g/mol. The third kappa shape index (κ3) is 4.97. The fourth-order valence-electron chi connectivity index (χ4n) is 3.05. The second-order valence-electron chi connectivity index (χ2n) is 6.11. The third-order valence-corrected chi connectivity index (χ3v) is 4.37. The van der Waals surface area contributed by atoms with Crippen molar-refractivity contribution in [2.24, 2.45) is 5.92 Å². The number of amides is 1. The van der Waals surface area contributed by atoms with Crippen LogP contribution in [0.1, 0.15) is 48.0 Å². The van der Waals surface area contributed by atoms with Crippen LogP contribution in [0.25, 0.3) is 0 Å². The minimum absolute atomic E-state index is 0.0606. The van der Waals surface area contributed by atoms with Crippen LogP contribution in [0.3, 0.4) is 0 Å². The number of halogens is 3. The third-order valence-electron chi connectivity index (χ3n) is 4.37. The summed E-state index contributed by atoms with van der Waals surface area (Å²) in [5, 5.41) is 11.3. The molecule has 1 fully saturated rings. The van der Waals surface area contributed by atoms with Gasteiger partial charge < -0.3 is 10.4 Å².